The minimum Gasteiger partial charge on any atom is -0.494 e. The van der Waals surface area contributed by atoms with Crippen LogP contribution in [0.4, 0.5) is 0 Å². The highest BCUT2D eigenvalue weighted by molar-refractivity contribution is 5.76. The molecule has 150 valence electrons. The first-order valence-corrected chi connectivity index (χ1v) is 10.0. The minimum absolute atomic E-state index is 0.0529. The normalized spacial score (nSPS) is 18.6. The molecule has 1 aliphatic carbocycles. The zero-order valence-corrected chi connectivity index (χ0v) is 17.1. The third-order valence-electron chi connectivity index (χ3n) is 5.06. The topological polar surface area (TPSA) is 73.2 Å². The van der Waals surface area contributed by atoms with Gasteiger partial charge in [-0.3, -0.25) is 9.59 Å². The maximum Gasteiger partial charge on any atom is 0.267 e. The number of aromatic nitrogens is 2. The standard InChI is InChI=1S/C22H29N3O3/c1-5-28-18-8-6-7-16(11-18)19-12-21(27)25(24-22(19)14(2)3)13-20(26)23-17-9-15(4)10-17/h6-8,11-12,14-15,17H,5,9-10,13H2,1-4H3,(H,23,26). The lowest BCUT2D eigenvalue weighted by Gasteiger charge is -2.33. The molecule has 0 spiro atoms. The highest BCUT2D eigenvalue weighted by atomic mass is 16.5. The number of rotatable bonds is 7. The Bertz CT molecular complexity index is 898. The van der Waals surface area contributed by atoms with Crippen LogP contribution in [0.1, 0.15) is 52.1 Å². The fraction of sp³-hybridized carbons (Fsp3) is 0.500. The molecule has 1 fully saturated rings. The van der Waals surface area contributed by atoms with E-state index in [4.69, 9.17) is 4.74 Å². The summed E-state index contributed by atoms with van der Waals surface area (Å²) in [7, 11) is 0. The van der Waals surface area contributed by atoms with Gasteiger partial charge in [0.1, 0.15) is 12.3 Å². The molecule has 0 aliphatic heterocycles. The summed E-state index contributed by atoms with van der Waals surface area (Å²) in [6.07, 6.45) is 2.00. The molecule has 3 rings (SSSR count). The fourth-order valence-electron chi connectivity index (χ4n) is 3.63. The van der Waals surface area contributed by atoms with Gasteiger partial charge in [-0.2, -0.15) is 5.10 Å². The zero-order valence-electron chi connectivity index (χ0n) is 17.1. The second kappa shape index (κ2) is 8.59. The molecule has 1 aromatic carbocycles. The molecule has 1 aromatic heterocycles. The van der Waals surface area contributed by atoms with Crippen molar-refractivity contribution in [3.63, 3.8) is 0 Å². The van der Waals surface area contributed by atoms with Gasteiger partial charge < -0.3 is 10.1 Å². The Morgan fingerprint density at radius 2 is 2.07 bits per heavy atom. The van der Waals surface area contributed by atoms with Gasteiger partial charge in [0.15, 0.2) is 0 Å². The van der Waals surface area contributed by atoms with E-state index in [1.807, 2.05) is 45.0 Å². The number of hydrogen-bond donors (Lipinski definition) is 1. The molecule has 0 radical (unpaired) electrons. The predicted molar refractivity (Wildman–Crippen MR) is 110 cm³/mol. The van der Waals surface area contributed by atoms with Gasteiger partial charge in [0, 0.05) is 17.7 Å². The SMILES string of the molecule is CCOc1cccc(-c2cc(=O)n(CC(=O)NC3CC(C)C3)nc2C(C)C)c1. The van der Waals surface area contributed by atoms with Gasteiger partial charge in [-0.05, 0) is 49.3 Å². The molecule has 0 unspecified atom stereocenters. The summed E-state index contributed by atoms with van der Waals surface area (Å²) in [6.45, 7) is 8.69. The van der Waals surface area contributed by atoms with E-state index in [1.54, 1.807) is 6.07 Å². The molecule has 0 saturated heterocycles. The van der Waals surface area contributed by atoms with Crippen LogP contribution in [0.3, 0.4) is 0 Å². The van der Waals surface area contributed by atoms with Crippen molar-refractivity contribution in [2.45, 2.75) is 59.0 Å². The highest BCUT2D eigenvalue weighted by Gasteiger charge is 2.26. The van der Waals surface area contributed by atoms with Crippen LogP contribution in [0.25, 0.3) is 11.1 Å². The summed E-state index contributed by atoms with van der Waals surface area (Å²) in [4.78, 5) is 24.9. The zero-order chi connectivity index (χ0) is 20.3. The molecule has 0 bridgehead atoms. The molecule has 28 heavy (non-hydrogen) atoms. The van der Waals surface area contributed by atoms with Crippen molar-refractivity contribution in [1.29, 1.82) is 0 Å². The number of nitrogens with zero attached hydrogens (tertiary/aromatic N) is 2. The molecule has 1 saturated carbocycles. The number of nitrogens with one attached hydrogen (secondary N) is 1. The van der Waals surface area contributed by atoms with Gasteiger partial charge in [-0.1, -0.05) is 32.9 Å². The Labute approximate surface area is 165 Å². The number of carbonyl (C=O) groups excluding carboxylic acids is 1. The predicted octanol–water partition coefficient (Wildman–Crippen LogP) is 3.35. The fourth-order valence-corrected chi connectivity index (χ4v) is 3.63. The molecule has 1 N–H and O–H groups in total. The van der Waals surface area contributed by atoms with Crippen molar-refractivity contribution in [3.8, 4) is 16.9 Å². The third-order valence-corrected chi connectivity index (χ3v) is 5.06. The smallest absolute Gasteiger partial charge is 0.267 e. The van der Waals surface area contributed by atoms with Gasteiger partial charge in [0.05, 0.1) is 12.3 Å². The monoisotopic (exact) mass is 383 g/mol. The van der Waals surface area contributed by atoms with Crippen LogP contribution in [0.2, 0.25) is 0 Å². The molecule has 6 heteroatoms. The number of ether oxygens (including phenoxy) is 1. The summed E-state index contributed by atoms with van der Waals surface area (Å²) < 4.78 is 6.85. The molecule has 1 heterocycles. The summed E-state index contributed by atoms with van der Waals surface area (Å²) in [5.74, 6) is 1.36. The van der Waals surface area contributed by atoms with E-state index >= 15 is 0 Å². The second-order valence-electron chi connectivity index (χ2n) is 7.90. The van der Waals surface area contributed by atoms with E-state index < -0.39 is 0 Å². The Morgan fingerprint density at radius 3 is 2.71 bits per heavy atom. The van der Waals surface area contributed by atoms with Crippen molar-refractivity contribution >= 4 is 5.91 Å². The molecule has 2 aromatic rings. The molecule has 6 nitrogen and oxygen atoms in total. The molecule has 1 aliphatic rings. The molecule has 0 atom stereocenters. The number of amides is 1. The van der Waals surface area contributed by atoms with Gasteiger partial charge >= 0.3 is 0 Å². The second-order valence-corrected chi connectivity index (χ2v) is 7.90. The Kier molecular flexibility index (Phi) is 6.17. The van der Waals surface area contributed by atoms with E-state index in [9.17, 15) is 9.59 Å². The van der Waals surface area contributed by atoms with E-state index in [0.29, 0.717) is 12.5 Å². The van der Waals surface area contributed by atoms with E-state index in [0.717, 1.165) is 35.4 Å². The Balaban J connectivity index is 1.87. The largest absolute Gasteiger partial charge is 0.494 e. The van der Waals surface area contributed by atoms with Crippen LogP contribution in [-0.4, -0.2) is 28.3 Å². The lowest BCUT2D eigenvalue weighted by atomic mass is 9.82. The van der Waals surface area contributed by atoms with Crippen molar-refractivity contribution in [2.24, 2.45) is 5.92 Å². The quantitative estimate of drug-likeness (QED) is 0.796. The summed E-state index contributed by atoms with van der Waals surface area (Å²) in [5, 5.41) is 7.52. The van der Waals surface area contributed by atoms with E-state index in [1.165, 1.54) is 4.68 Å². The van der Waals surface area contributed by atoms with Crippen LogP contribution in [-0.2, 0) is 11.3 Å². The molecular formula is C22H29N3O3. The maximum absolute atomic E-state index is 12.6. The lowest BCUT2D eigenvalue weighted by Crippen LogP contribution is -2.45. The van der Waals surface area contributed by atoms with E-state index in [-0.39, 0.29) is 30.0 Å². The average Bonchev–Trinajstić information content (AvgIpc) is 2.62. The number of benzene rings is 1. The first-order chi connectivity index (χ1) is 13.4. The Morgan fingerprint density at radius 1 is 1.32 bits per heavy atom. The molecular weight excluding hydrogens is 354 g/mol. The van der Waals surface area contributed by atoms with Gasteiger partial charge in [0.2, 0.25) is 5.91 Å². The molecule has 1 amide bonds. The van der Waals surface area contributed by atoms with Gasteiger partial charge in [0.25, 0.3) is 5.56 Å². The Hall–Kier alpha value is -2.63. The lowest BCUT2D eigenvalue weighted by molar-refractivity contribution is -0.123. The van der Waals surface area contributed by atoms with Crippen molar-refractivity contribution in [2.75, 3.05) is 6.61 Å². The van der Waals surface area contributed by atoms with Crippen LogP contribution in [0.15, 0.2) is 35.1 Å². The van der Waals surface area contributed by atoms with Crippen LogP contribution >= 0.6 is 0 Å². The minimum atomic E-state index is -0.279. The van der Waals surface area contributed by atoms with Gasteiger partial charge in [-0.15, -0.1) is 0 Å². The average molecular weight is 383 g/mol. The summed E-state index contributed by atoms with van der Waals surface area (Å²) in [6, 6.07) is 9.46. The van der Waals surface area contributed by atoms with Crippen LogP contribution < -0.4 is 15.6 Å². The maximum atomic E-state index is 12.6. The van der Waals surface area contributed by atoms with Gasteiger partial charge in [-0.25, -0.2) is 4.68 Å². The van der Waals surface area contributed by atoms with Crippen LogP contribution in [0, 0.1) is 5.92 Å². The third kappa shape index (κ3) is 4.61. The van der Waals surface area contributed by atoms with Crippen molar-refractivity contribution < 1.29 is 9.53 Å². The van der Waals surface area contributed by atoms with Crippen molar-refractivity contribution in [1.82, 2.24) is 15.1 Å². The summed E-state index contributed by atoms with van der Waals surface area (Å²) >= 11 is 0. The number of carbonyl (C=O) groups is 1. The van der Waals surface area contributed by atoms with Crippen LogP contribution in [0.5, 0.6) is 5.75 Å². The summed E-state index contributed by atoms with van der Waals surface area (Å²) in [5.41, 5.74) is 2.18. The number of hydrogen-bond acceptors (Lipinski definition) is 4. The first-order valence-electron chi connectivity index (χ1n) is 10.0. The van der Waals surface area contributed by atoms with E-state index in [2.05, 4.69) is 17.3 Å². The highest BCUT2D eigenvalue weighted by Crippen LogP contribution is 2.29. The first kappa shape index (κ1) is 20.1. The van der Waals surface area contributed by atoms with Crippen molar-refractivity contribution in [3.05, 3.63) is 46.4 Å².